The van der Waals surface area contributed by atoms with Gasteiger partial charge in [0.15, 0.2) is 0 Å². The average Bonchev–Trinajstić information content (AvgIpc) is 2.26. The molecule has 0 spiro atoms. The normalized spacial score (nSPS) is 14.0. The lowest BCUT2D eigenvalue weighted by Gasteiger charge is -2.25. The summed E-state index contributed by atoms with van der Waals surface area (Å²) in [4.78, 5) is 0. The van der Waals surface area contributed by atoms with Crippen molar-refractivity contribution in [3.05, 3.63) is 48.0 Å². The van der Waals surface area contributed by atoms with E-state index in [0.29, 0.717) is 0 Å². The van der Waals surface area contributed by atoms with E-state index in [-0.39, 0.29) is 5.41 Å². The molecule has 0 saturated heterocycles. The zero-order valence-electron chi connectivity index (χ0n) is 10.0. The second kappa shape index (κ2) is 3.91. The minimum atomic E-state index is -0.682. The molecule has 0 bridgehead atoms. The lowest BCUT2D eigenvalue weighted by Crippen LogP contribution is -2.16. The first kappa shape index (κ1) is 11.2. The van der Waals surface area contributed by atoms with Crippen LogP contribution in [-0.2, 0) is 5.11 Å². The van der Waals surface area contributed by atoms with Gasteiger partial charge in [-0.25, -0.2) is 5.11 Å². The summed E-state index contributed by atoms with van der Waals surface area (Å²) in [7, 11) is 0. The van der Waals surface area contributed by atoms with Crippen molar-refractivity contribution in [1.29, 1.82) is 0 Å². The maximum Gasteiger partial charge on any atom is 0.123 e. The summed E-state index contributed by atoms with van der Waals surface area (Å²) in [5, 5.41) is 14.6. The molecule has 0 fully saturated rings. The molecule has 2 aromatic carbocycles. The van der Waals surface area contributed by atoms with Crippen LogP contribution in [0.25, 0.3) is 10.8 Å². The Morgan fingerprint density at radius 2 is 1.56 bits per heavy atom. The fraction of sp³-hybridized carbons (Fsp3) is 0.333. The molecule has 0 saturated carbocycles. The largest absolute Gasteiger partial charge is 0.227 e. The van der Waals surface area contributed by atoms with Crippen LogP contribution in [-0.4, -0.2) is 0 Å². The Bertz CT molecular complexity index is 489. The van der Waals surface area contributed by atoms with E-state index in [1.54, 1.807) is 0 Å². The molecule has 0 amide bonds. The minimum absolute atomic E-state index is 0.246. The molecule has 0 heterocycles. The quantitative estimate of drug-likeness (QED) is 0.671. The van der Waals surface area contributed by atoms with Gasteiger partial charge in [-0.3, -0.25) is 0 Å². The van der Waals surface area contributed by atoms with E-state index in [9.17, 15) is 5.11 Å². The first-order chi connectivity index (χ1) is 7.50. The Balaban J connectivity index is 2.61. The Morgan fingerprint density at radius 3 is 2.25 bits per heavy atom. The Kier molecular flexibility index (Phi) is 2.73. The van der Waals surface area contributed by atoms with Crippen molar-refractivity contribution in [3.63, 3.8) is 0 Å². The molecule has 0 aliphatic rings. The fourth-order valence-electron chi connectivity index (χ4n) is 1.95. The second-order valence-corrected chi connectivity index (χ2v) is 5.31. The summed E-state index contributed by atoms with van der Waals surface area (Å²) < 4.78 is 0. The summed E-state index contributed by atoms with van der Waals surface area (Å²) in [5.41, 5.74) is 0.662. The van der Waals surface area contributed by atoms with Crippen LogP contribution in [0.15, 0.2) is 42.5 Å². The second-order valence-electron chi connectivity index (χ2n) is 5.31. The van der Waals surface area contributed by atoms with Gasteiger partial charge >= 0.3 is 0 Å². The van der Waals surface area contributed by atoms with Gasteiger partial charge in [0.1, 0.15) is 6.10 Å². The molecular weight excluding hydrogens is 196 g/mol. The smallest absolute Gasteiger partial charge is 0.123 e. The third-order valence-electron chi connectivity index (χ3n) is 2.89. The van der Waals surface area contributed by atoms with Gasteiger partial charge < -0.3 is 0 Å². The third kappa shape index (κ3) is 1.96. The van der Waals surface area contributed by atoms with E-state index >= 15 is 0 Å². The summed E-state index contributed by atoms with van der Waals surface area (Å²) in [6.45, 7) is 5.98. The zero-order chi connectivity index (χ0) is 11.8. The predicted molar refractivity (Wildman–Crippen MR) is 66.8 cm³/mol. The van der Waals surface area contributed by atoms with Crippen molar-refractivity contribution >= 4 is 10.8 Å². The van der Waals surface area contributed by atoms with Crippen LogP contribution in [0, 0.1) is 5.41 Å². The predicted octanol–water partition coefficient (Wildman–Crippen LogP) is 4.36. The van der Waals surface area contributed by atoms with Crippen molar-refractivity contribution < 1.29 is 5.11 Å². The molecule has 1 nitrogen and oxygen atoms in total. The van der Waals surface area contributed by atoms with Crippen LogP contribution in [0.1, 0.15) is 32.4 Å². The number of benzene rings is 2. The van der Waals surface area contributed by atoms with Crippen molar-refractivity contribution in [2.24, 2.45) is 5.41 Å². The van der Waals surface area contributed by atoms with Crippen molar-refractivity contribution in [3.8, 4) is 0 Å². The van der Waals surface area contributed by atoms with Crippen LogP contribution in [0.5, 0.6) is 0 Å². The third-order valence-corrected chi connectivity index (χ3v) is 2.89. The van der Waals surface area contributed by atoms with E-state index < -0.39 is 6.10 Å². The van der Waals surface area contributed by atoms with Crippen molar-refractivity contribution in [1.82, 2.24) is 0 Å². The van der Waals surface area contributed by atoms with Crippen LogP contribution < -0.4 is 0 Å². The van der Waals surface area contributed by atoms with Gasteiger partial charge in [-0.05, 0) is 21.8 Å². The molecule has 1 unspecified atom stereocenters. The standard InChI is InChI=1S/C15H17O/c1-15(2,3)14(16)13-10-6-8-11-7-4-5-9-12(11)13/h4-10,14H,1-3H3. The number of fused-ring (bicyclic) bond motifs is 1. The molecule has 0 aliphatic carbocycles. The van der Waals surface area contributed by atoms with Gasteiger partial charge in [0, 0.05) is 0 Å². The Labute approximate surface area is 96.7 Å². The maximum absolute atomic E-state index is 12.4. The summed E-state index contributed by atoms with van der Waals surface area (Å²) in [6.07, 6.45) is -0.682. The molecule has 2 aromatic rings. The van der Waals surface area contributed by atoms with Crippen molar-refractivity contribution in [2.75, 3.05) is 0 Å². The molecule has 0 aromatic heterocycles. The van der Waals surface area contributed by atoms with Crippen LogP contribution >= 0.6 is 0 Å². The highest BCUT2D eigenvalue weighted by molar-refractivity contribution is 5.86. The SMILES string of the molecule is CC(C)(C)C([O])c1cccc2ccccc12. The molecule has 0 N–H and O–H groups in total. The molecule has 83 valence electrons. The van der Waals surface area contributed by atoms with Crippen molar-refractivity contribution in [2.45, 2.75) is 26.9 Å². The van der Waals surface area contributed by atoms with E-state index in [1.165, 1.54) is 0 Å². The van der Waals surface area contributed by atoms with Gasteiger partial charge in [-0.2, -0.15) is 0 Å². The monoisotopic (exact) mass is 213 g/mol. The van der Waals surface area contributed by atoms with Crippen LogP contribution in [0.4, 0.5) is 0 Å². The molecule has 1 atom stereocenters. The first-order valence-corrected chi connectivity index (χ1v) is 5.63. The molecule has 2 rings (SSSR count). The van der Waals surface area contributed by atoms with E-state index in [0.717, 1.165) is 16.3 Å². The van der Waals surface area contributed by atoms with Crippen LogP contribution in [0.2, 0.25) is 0 Å². The lowest BCUT2D eigenvalue weighted by atomic mass is 9.83. The zero-order valence-corrected chi connectivity index (χ0v) is 10.0. The van der Waals surface area contributed by atoms with Gasteiger partial charge in [0.05, 0.1) is 0 Å². The maximum atomic E-state index is 12.4. The number of hydrogen-bond acceptors (Lipinski definition) is 0. The summed E-state index contributed by atoms with van der Waals surface area (Å²) in [5.74, 6) is 0. The minimum Gasteiger partial charge on any atom is -0.227 e. The highest BCUT2D eigenvalue weighted by atomic mass is 16.3. The van der Waals surface area contributed by atoms with Gasteiger partial charge in [0.2, 0.25) is 0 Å². The van der Waals surface area contributed by atoms with Gasteiger partial charge in [-0.15, -0.1) is 0 Å². The van der Waals surface area contributed by atoms with Crippen LogP contribution in [0.3, 0.4) is 0 Å². The Morgan fingerprint density at radius 1 is 0.938 bits per heavy atom. The topological polar surface area (TPSA) is 19.9 Å². The highest BCUT2D eigenvalue weighted by Crippen LogP contribution is 2.36. The fourth-order valence-corrected chi connectivity index (χ4v) is 1.95. The molecule has 1 heteroatoms. The molecule has 1 radical (unpaired) electrons. The molecule has 0 aliphatic heterocycles. The average molecular weight is 213 g/mol. The lowest BCUT2D eigenvalue weighted by molar-refractivity contribution is -0.000390. The molecular formula is C15H17O. The van der Waals surface area contributed by atoms with E-state index in [4.69, 9.17) is 0 Å². The molecule has 16 heavy (non-hydrogen) atoms. The summed E-state index contributed by atoms with van der Waals surface area (Å²) in [6, 6.07) is 14.0. The van der Waals surface area contributed by atoms with E-state index in [1.807, 2.05) is 63.2 Å². The highest BCUT2D eigenvalue weighted by Gasteiger charge is 2.26. The number of hydrogen-bond donors (Lipinski definition) is 0. The summed E-state index contributed by atoms with van der Waals surface area (Å²) >= 11 is 0. The number of rotatable bonds is 1. The van der Waals surface area contributed by atoms with Gasteiger partial charge in [0.25, 0.3) is 0 Å². The van der Waals surface area contributed by atoms with Gasteiger partial charge in [-0.1, -0.05) is 63.2 Å². The Hall–Kier alpha value is -1.34. The first-order valence-electron chi connectivity index (χ1n) is 5.63. The van der Waals surface area contributed by atoms with E-state index in [2.05, 4.69) is 0 Å².